The molecule has 1 saturated heterocycles. The lowest BCUT2D eigenvalue weighted by Crippen LogP contribution is -2.51. The van der Waals surface area contributed by atoms with Gasteiger partial charge >= 0.3 is 6.09 Å². The number of ether oxygens (including phenoxy) is 1. The summed E-state index contributed by atoms with van der Waals surface area (Å²) in [7, 11) is 0. The van der Waals surface area contributed by atoms with Gasteiger partial charge in [0.15, 0.2) is 0 Å². The van der Waals surface area contributed by atoms with Crippen LogP contribution >= 0.6 is 0 Å². The van der Waals surface area contributed by atoms with Gasteiger partial charge in [-0.15, -0.1) is 0 Å². The summed E-state index contributed by atoms with van der Waals surface area (Å²) in [5, 5.41) is 20.8. The van der Waals surface area contributed by atoms with E-state index in [1.54, 1.807) is 0 Å². The number of amides is 1. The third-order valence-electron chi connectivity index (χ3n) is 6.98. The summed E-state index contributed by atoms with van der Waals surface area (Å²) in [5.41, 5.74) is 1.54. The maximum atomic E-state index is 11.6. The van der Waals surface area contributed by atoms with Gasteiger partial charge in [-0.2, -0.15) is 0 Å². The largest absolute Gasteiger partial charge is 0.489 e. The Labute approximate surface area is 190 Å². The van der Waals surface area contributed by atoms with Crippen LogP contribution in [0.2, 0.25) is 0 Å². The van der Waals surface area contributed by atoms with Crippen LogP contribution in [0.5, 0.6) is 5.75 Å². The SMILES string of the molecule is O=C(O)N1CCN(C[C@H](c2ccc(OCc3ccccc3)cc2)C2(O)CCCCC2)CC1. The molecular weight excluding hydrogens is 404 g/mol. The first-order valence-corrected chi connectivity index (χ1v) is 11.7. The van der Waals surface area contributed by atoms with Gasteiger partial charge in [-0.05, 0) is 36.1 Å². The molecule has 2 aromatic carbocycles. The normalized spacial score (nSPS) is 20.0. The van der Waals surface area contributed by atoms with Crippen LogP contribution in [0.1, 0.15) is 49.1 Å². The molecule has 6 nitrogen and oxygen atoms in total. The van der Waals surface area contributed by atoms with E-state index in [0.29, 0.717) is 32.8 Å². The first kappa shape index (κ1) is 22.6. The number of carboxylic acid groups (broad SMARTS) is 1. The number of benzene rings is 2. The molecule has 1 aliphatic heterocycles. The molecule has 172 valence electrons. The van der Waals surface area contributed by atoms with E-state index >= 15 is 0 Å². The van der Waals surface area contributed by atoms with Crippen LogP contribution in [-0.4, -0.2) is 64.4 Å². The summed E-state index contributed by atoms with van der Waals surface area (Å²) in [6.45, 7) is 3.73. The van der Waals surface area contributed by atoms with Crippen molar-refractivity contribution in [3.8, 4) is 5.75 Å². The smallest absolute Gasteiger partial charge is 0.407 e. The van der Waals surface area contributed by atoms with Crippen LogP contribution in [0.4, 0.5) is 4.79 Å². The molecule has 0 unspecified atom stereocenters. The third-order valence-corrected chi connectivity index (χ3v) is 6.98. The molecule has 0 radical (unpaired) electrons. The van der Waals surface area contributed by atoms with Crippen molar-refractivity contribution < 1.29 is 19.7 Å². The van der Waals surface area contributed by atoms with Crippen LogP contribution in [0, 0.1) is 0 Å². The fourth-order valence-corrected chi connectivity index (χ4v) is 5.02. The lowest BCUT2D eigenvalue weighted by atomic mass is 9.72. The molecular formula is C26H34N2O4. The van der Waals surface area contributed by atoms with Crippen LogP contribution in [-0.2, 0) is 6.61 Å². The number of nitrogens with zero attached hydrogens (tertiary/aromatic N) is 2. The first-order valence-electron chi connectivity index (χ1n) is 11.7. The number of rotatable bonds is 7. The highest BCUT2D eigenvalue weighted by Gasteiger charge is 2.40. The summed E-state index contributed by atoms with van der Waals surface area (Å²) in [5.74, 6) is 0.824. The fraction of sp³-hybridized carbons (Fsp3) is 0.500. The van der Waals surface area contributed by atoms with E-state index in [1.165, 1.54) is 11.3 Å². The van der Waals surface area contributed by atoms with E-state index in [2.05, 4.69) is 17.0 Å². The van der Waals surface area contributed by atoms with Crippen LogP contribution in [0.25, 0.3) is 0 Å². The Kier molecular flexibility index (Phi) is 7.33. The van der Waals surface area contributed by atoms with E-state index in [-0.39, 0.29) is 5.92 Å². The molecule has 32 heavy (non-hydrogen) atoms. The molecule has 1 amide bonds. The highest BCUT2D eigenvalue weighted by atomic mass is 16.5. The van der Waals surface area contributed by atoms with Gasteiger partial charge in [0.05, 0.1) is 5.60 Å². The van der Waals surface area contributed by atoms with Gasteiger partial charge in [-0.25, -0.2) is 4.79 Å². The summed E-state index contributed by atoms with van der Waals surface area (Å²) in [6, 6.07) is 18.3. The standard InChI is InChI=1S/C26H34N2O4/c29-25(30)28-17-15-27(16-18-28)19-24(26(31)13-5-2-6-14-26)22-9-11-23(12-10-22)32-20-21-7-3-1-4-8-21/h1,3-4,7-12,24,31H,2,5-6,13-20H2,(H,29,30)/t24-/m1/s1. The van der Waals surface area contributed by atoms with Crippen LogP contribution in [0.15, 0.2) is 54.6 Å². The van der Waals surface area contributed by atoms with Crippen molar-refractivity contribution in [1.29, 1.82) is 0 Å². The van der Waals surface area contributed by atoms with Crippen LogP contribution in [0.3, 0.4) is 0 Å². The minimum atomic E-state index is -0.849. The Hall–Kier alpha value is -2.57. The predicted molar refractivity (Wildman–Crippen MR) is 124 cm³/mol. The van der Waals surface area contributed by atoms with Crippen LogP contribution < -0.4 is 4.74 Å². The van der Waals surface area contributed by atoms with Gasteiger partial charge in [-0.1, -0.05) is 61.7 Å². The number of aliphatic hydroxyl groups is 1. The van der Waals surface area contributed by atoms with E-state index in [9.17, 15) is 15.0 Å². The van der Waals surface area contributed by atoms with Gasteiger partial charge in [-0.3, -0.25) is 4.90 Å². The van der Waals surface area contributed by atoms with Crippen molar-refractivity contribution in [1.82, 2.24) is 9.80 Å². The zero-order valence-electron chi connectivity index (χ0n) is 18.7. The molecule has 0 bridgehead atoms. The average molecular weight is 439 g/mol. The van der Waals surface area contributed by atoms with E-state index < -0.39 is 11.7 Å². The second kappa shape index (κ2) is 10.4. The Morgan fingerprint density at radius 3 is 2.22 bits per heavy atom. The molecule has 0 aromatic heterocycles. The number of hydrogen-bond acceptors (Lipinski definition) is 4. The molecule has 1 heterocycles. The Morgan fingerprint density at radius 1 is 0.938 bits per heavy atom. The first-order chi connectivity index (χ1) is 15.5. The van der Waals surface area contributed by atoms with Gasteiger partial charge in [0, 0.05) is 38.6 Å². The minimum Gasteiger partial charge on any atom is -0.489 e. The molecule has 2 aliphatic rings. The lowest BCUT2D eigenvalue weighted by molar-refractivity contribution is -0.0338. The van der Waals surface area contributed by atoms with E-state index in [1.807, 2.05) is 42.5 Å². The molecule has 1 atom stereocenters. The Balaban J connectivity index is 1.45. The van der Waals surface area contributed by atoms with E-state index in [4.69, 9.17) is 4.74 Å². The van der Waals surface area contributed by atoms with Gasteiger partial charge < -0.3 is 19.8 Å². The zero-order valence-corrected chi connectivity index (χ0v) is 18.7. The predicted octanol–water partition coefficient (Wildman–Crippen LogP) is 4.34. The minimum absolute atomic E-state index is 0.00218. The zero-order chi connectivity index (χ0) is 22.4. The highest BCUT2D eigenvalue weighted by Crippen LogP contribution is 2.41. The number of hydrogen-bond donors (Lipinski definition) is 2. The molecule has 1 saturated carbocycles. The third kappa shape index (κ3) is 5.61. The molecule has 6 heteroatoms. The Morgan fingerprint density at radius 2 is 1.59 bits per heavy atom. The lowest BCUT2D eigenvalue weighted by Gasteiger charge is -2.43. The average Bonchev–Trinajstić information content (AvgIpc) is 2.83. The molecule has 0 spiro atoms. The molecule has 2 aromatic rings. The number of carbonyl (C=O) groups is 1. The van der Waals surface area contributed by atoms with Crippen molar-refractivity contribution >= 4 is 6.09 Å². The summed E-state index contributed by atoms with van der Waals surface area (Å²) in [4.78, 5) is 15.0. The second-order valence-corrected chi connectivity index (χ2v) is 9.13. The quantitative estimate of drug-likeness (QED) is 0.673. The molecule has 2 fully saturated rings. The van der Waals surface area contributed by atoms with Crippen molar-refractivity contribution in [2.24, 2.45) is 0 Å². The Bertz CT molecular complexity index is 857. The summed E-state index contributed by atoms with van der Waals surface area (Å²) in [6.07, 6.45) is 4.07. The summed E-state index contributed by atoms with van der Waals surface area (Å²) < 4.78 is 5.95. The monoisotopic (exact) mass is 438 g/mol. The summed E-state index contributed by atoms with van der Waals surface area (Å²) >= 11 is 0. The molecule has 4 rings (SSSR count). The van der Waals surface area contributed by atoms with Crippen molar-refractivity contribution in [3.05, 3.63) is 65.7 Å². The van der Waals surface area contributed by atoms with Crippen molar-refractivity contribution in [2.45, 2.75) is 50.2 Å². The number of piperazine rings is 1. The fourth-order valence-electron chi connectivity index (χ4n) is 5.02. The van der Waals surface area contributed by atoms with Gasteiger partial charge in [0.1, 0.15) is 12.4 Å². The van der Waals surface area contributed by atoms with Gasteiger partial charge in [0.25, 0.3) is 0 Å². The van der Waals surface area contributed by atoms with Crippen molar-refractivity contribution in [2.75, 3.05) is 32.7 Å². The molecule has 1 aliphatic carbocycles. The second-order valence-electron chi connectivity index (χ2n) is 9.13. The van der Waals surface area contributed by atoms with Gasteiger partial charge in [0.2, 0.25) is 0 Å². The van der Waals surface area contributed by atoms with E-state index in [0.717, 1.165) is 49.1 Å². The van der Waals surface area contributed by atoms with Crippen molar-refractivity contribution in [3.63, 3.8) is 0 Å². The topological polar surface area (TPSA) is 73.2 Å². The molecule has 2 N–H and O–H groups in total. The highest BCUT2D eigenvalue weighted by molar-refractivity contribution is 5.65. The maximum absolute atomic E-state index is 11.6. The maximum Gasteiger partial charge on any atom is 0.407 e.